The van der Waals surface area contributed by atoms with Crippen LogP contribution < -0.4 is 11.1 Å². The summed E-state index contributed by atoms with van der Waals surface area (Å²) in [6.45, 7) is 0.810. The molecular weight excluding hydrogens is 287 g/mol. The second-order valence-corrected chi connectivity index (χ2v) is 4.61. The monoisotopic (exact) mass is 306 g/mol. The molecule has 8 heteroatoms. The number of hydrogen-bond acceptors (Lipinski definition) is 5. The number of rotatable bonds is 8. The number of nitrogens with one attached hydrogen (secondary N) is 2. The van der Waals surface area contributed by atoms with Gasteiger partial charge in [0.2, 0.25) is 0 Å². The molecule has 4 N–H and O–H groups in total. The van der Waals surface area contributed by atoms with Gasteiger partial charge in [0, 0.05) is 23.4 Å². The number of anilines is 1. The maximum absolute atomic E-state index is 12.9. The summed E-state index contributed by atoms with van der Waals surface area (Å²) in [5.41, 5.74) is 15.9. The third kappa shape index (κ3) is 5.08. The van der Waals surface area contributed by atoms with Crippen molar-refractivity contribution in [2.75, 3.05) is 19.1 Å². The molecule has 0 fully saturated rings. The largest absolute Gasteiger partial charge is 0.385 e. The van der Waals surface area contributed by atoms with Gasteiger partial charge in [-0.15, -0.1) is 0 Å². The van der Waals surface area contributed by atoms with E-state index in [-0.39, 0.29) is 0 Å². The van der Waals surface area contributed by atoms with E-state index in [4.69, 9.17) is 21.4 Å². The maximum atomic E-state index is 12.9. The summed E-state index contributed by atoms with van der Waals surface area (Å²) in [6, 6.07) is 6.03. The molecule has 1 rings (SSSR count). The zero-order valence-electron chi connectivity index (χ0n) is 12.5. The number of hydrogen-bond donors (Lipinski definition) is 3. The molecule has 0 saturated heterocycles. The number of nitrogens with two attached hydrogens (primary N) is 1. The van der Waals surface area contributed by atoms with Gasteiger partial charge < -0.3 is 21.2 Å². The number of azide groups is 1. The van der Waals surface area contributed by atoms with Crippen molar-refractivity contribution in [2.24, 2.45) is 10.8 Å². The Labute approximate surface area is 128 Å². The first-order valence-electron chi connectivity index (χ1n) is 6.54. The van der Waals surface area contributed by atoms with Crippen molar-refractivity contribution in [3.8, 4) is 0 Å². The van der Waals surface area contributed by atoms with Crippen LogP contribution in [0.3, 0.4) is 0 Å². The summed E-state index contributed by atoms with van der Waals surface area (Å²) in [5.74, 6) is 0.347. The fourth-order valence-electron chi connectivity index (χ4n) is 1.95. The minimum atomic E-state index is -0.917. The number of ether oxygens (including phenoxy) is 1. The SMILES string of the molecule is CO[C@H](c1ccc(N/C(N)=C\C(C)=N)cc1)[C@@H](CF)N=[N+]=[N-]. The quantitative estimate of drug-likeness (QED) is 0.296. The van der Waals surface area contributed by atoms with Crippen LogP contribution in [0.1, 0.15) is 18.6 Å². The number of methoxy groups -OCH3 is 1. The molecular formula is C14H19FN6O. The van der Waals surface area contributed by atoms with E-state index in [1.54, 1.807) is 31.2 Å². The van der Waals surface area contributed by atoms with Gasteiger partial charge in [-0.2, -0.15) is 0 Å². The lowest BCUT2D eigenvalue weighted by molar-refractivity contribution is 0.0722. The fraction of sp³-hybridized carbons (Fsp3) is 0.357. The molecule has 0 aliphatic heterocycles. The van der Waals surface area contributed by atoms with Crippen LogP contribution in [-0.2, 0) is 4.74 Å². The highest BCUT2D eigenvalue weighted by Gasteiger charge is 2.22. The Morgan fingerprint density at radius 2 is 2.18 bits per heavy atom. The summed E-state index contributed by atoms with van der Waals surface area (Å²) < 4.78 is 18.2. The molecule has 0 unspecified atom stereocenters. The van der Waals surface area contributed by atoms with Gasteiger partial charge in [0.25, 0.3) is 0 Å². The van der Waals surface area contributed by atoms with Crippen LogP contribution in [0.2, 0.25) is 0 Å². The van der Waals surface area contributed by atoms with Gasteiger partial charge in [0.1, 0.15) is 12.5 Å². The van der Waals surface area contributed by atoms with Crippen molar-refractivity contribution in [2.45, 2.75) is 19.1 Å². The molecule has 0 amide bonds. The molecule has 0 spiro atoms. The molecule has 0 aliphatic rings. The van der Waals surface area contributed by atoms with Crippen LogP contribution in [0.5, 0.6) is 0 Å². The summed E-state index contributed by atoms with van der Waals surface area (Å²) >= 11 is 0. The molecule has 7 nitrogen and oxygen atoms in total. The van der Waals surface area contributed by atoms with Crippen molar-refractivity contribution in [1.82, 2.24) is 0 Å². The lowest BCUT2D eigenvalue weighted by Gasteiger charge is -2.20. The van der Waals surface area contributed by atoms with E-state index in [1.807, 2.05) is 0 Å². The first-order chi connectivity index (χ1) is 10.5. The highest BCUT2D eigenvalue weighted by Crippen LogP contribution is 2.25. The van der Waals surface area contributed by atoms with E-state index >= 15 is 0 Å². The molecule has 118 valence electrons. The van der Waals surface area contributed by atoms with Gasteiger partial charge in [-0.3, -0.25) is 4.39 Å². The predicted molar refractivity (Wildman–Crippen MR) is 84.4 cm³/mol. The van der Waals surface area contributed by atoms with Gasteiger partial charge in [-0.1, -0.05) is 17.2 Å². The lowest BCUT2D eigenvalue weighted by atomic mass is 10.0. The molecule has 0 saturated carbocycles. The van der Waals surface area contributed by atoms with E-state index < -0.39 is 18.8 Å². The van der Waals surface area contributed by atoms with Gasteiger partial charge in [0.05, 0.1) is 12.1 Å². The van der Waals surface area contributed by atoms with Gasteiger partial charge in [-0.05, 0) is 36.2 Å². The second kappa shape index (κ2) is 8.66. The minimum Gasteiger partial charge on any atom is -0.385 e. The molecule has 0 heterocycles. The third-order valence-corrected chi connectivity index (χ3v) is 2.86. The number of allylic oxidation sites excluding steroid dienone is 1. The highest BCUT2D eigenvalue weighted by molar-refractivity contribution is 5.90. The van der Waals surface area contributed by atoms with Crippen molar-refractivity contribution in [3.63, 3.8) is 0 Å². The lowest BCUT2D eigenvalue weighted by Crippen LogP contribution is -2.20. The van der Waals surface area contributed by atoms with Crippen LogP contribution in [0.15, 0.2) is 41.3 Å². The summed E-state index contributed by atoms with van der Waals surface area (Å²) in [6.07, 6.45) is 0.832. The number of benzene rings is 1. The molecule has 0 aromatic heterocycles. The van der Waals surface area contributed by atoms with Gasteiger partial charge >= 0.3 is 0 Å². The normalized spacial score (nSPS) is 13.9. The molecule has 0 aliphatic carbocycles. The molecule has 0 bridgehead atoms. The van der Waals surface area contributed by atoms with E-state index in [0.29, 0.717) is 22.8 Å². The average molecular weight is 306 g/mol. The van der Waals surface area contributed by atoms with Gasteiger partial charge in [0.15, 0.2) is 0 Å². The zero-order valence-corrected chi connectivity index (χ0v) is 12.5. The molecule has 2 atom stereocenters. The van der Waals surface area contributed by atoms with Crippen LogP contribution in [0.25, 0.3) is 10.4 Å². The summed E-state index contributed by atoms with van der Waals surface area (Å²) in [5, 5.41) is 13.7. The topological polar surface area (TPSA) is 120 Å². The van der Waals surface area contributed by atoms with E-state index in [2.05, 4.69) is 15.3 Å². The van der Waals surface area contributed by atoms with E-state index in [1.165, 1.54) is 13.2 Å². The molecule has 0 radical (unpaired) electrons. The standard InChI is InChI=1S/C14H19FN6O/c1-9(16)7-13(17)19-11-5-3-10(4-6-11)14(22-2)12(8-15)20-21-18/h3-7,12,14,16,19H,8,17H2,1-2H3/b13-7-,16-9?/t12-,14-/m1/s1. The maximum Gasteiger partial charge on any atom is 0.102 e. The van der Waals surface area contributed by atoms with Crippen molar-refractivity contribution < 1.29 is 9.13 Å². The average Bonchev–Trinajstić information content (AvgIpc) is 2.47. The molecule has 22 heavy (non-hydrogen) atoms. The van der Waals surface area contributed by atoms with E-state index in [9.17, 15) is 4.39 Å². The van der Waals surface area contributed by atoms with Gasteiger partial charge in [-0.25, -0.2) is 0 Å². The van der Waals surface area contributed by atoms with Crippen LogP contribution >= 0.6 is 0 Å². The second-order valence-electron chi connectivity index (χ2n) is 4.61. The van der Waals surface area contributed by atoms with Crippen LogP contribution in [0.4, 0.5) is 10.1 Å². The number of alkyl halides is 1. The van der Waals surface area contributed by atoms with E-state index in [0.717, 1.165) is 0 Å². The Hall–Kier alpha value is -2.57. The first kappa shape index (κ1) is 17.5. The number of halogens is 1. The Kier molecular flexibility index (Phi) is 6.88. The summed E-state index contributed by atoms with van der Waals surface area (Å²) in [7, 11) is 1.43. The Bertz CT molecular complexity index is 580. The third-order valence-electron chi connectivity index (χ3n) is 2.86. The minimum absolute atomic E-state index is 0.334. The smallest absolute Gasteiger partial charge is 0.102 e. The van der Waals surface area contributed by atoms with Crippen molar-refractivity contribution >= 4 is 11.4 Å². The number of nitrogens with zero attached hydrogens (tertiary/aromatic N) is 3. The van der Waals surface area contributed by atoms with Crippen molar-refractivity contribution in [1.29, 1.82) is 5.41 Å². The molecule has 1 aromatic carbocycles. The predicted octanol–water partition coefficient (Wildman–Crippen LogP) is 3.27. The molecule has 1 aromatic rings. The van der Waals surface area contributed by atoms with Crippen LogP contribution in [-0.4, -0.2) is 25.5 Å². The van der Waals surface area contributed by atoms with Crippen LogP contribution in [0, 0.1) is 5.41 Å². The highest BCUT2D eigenvalue weighted by atomic mass is 19.1. The summed E-state index contributed by atoms with van der Waals surface area (Å²) in [4.78, 5) is 2.63. The zero-order chi connectivity index (χ0) is 16.5. The van der Waals surface area contributed by atoms with Crippen molar-refractivity contribution in [3.05, 3.63) is 52.2 Å². The Balaban J connectivity index is 2.90. The first-order valence-corrected chi connectivity index (χ1v) is 6.54. The fourth-order valence-corrected chi connectivity index (χ4v) is 1.95. The Morgan fingerprint density at radius 1 is 1.55 bits per heavy atom. The Morgan fingerprint density at radius 3 is 2.64 bits per heavy atom.